The molecule has 4 aliphatic rings. The summed E-state index contributed by atoms with van der Waals surface area (Å²) in [6.45, 7) is 11.6. The molecule has 2 aliphatic heterocycles. The van der Waals surface area contributed by atoms with Gasteiger partial charge in [0.1, 0.15) is 37.4 Å². The quantitative estimate of drug-likeness (QED) is 0.0352. The number of unbranched alkanes of at least 4 members (excludes halogenated alkanes) is 2. The van der Waals surface area contributed by atoms with Crippen molar-refractivity contribution in [1.82, 2.24) is 9.80 Å². The van der Waals surface area contributed by atoms with E-state index in [1.54, 1.807) is 11.0 Å². The highest BCUT2D eigenvalue weighted by atomic mass is 16.7. The molecule has 1 amide bonds. The maximum atomic E-state index is 14.6. The molecule has 0 spiro atoms. The molecule has 0 bridgehead atoms. The molecule has 1 saturated heterocycles. The number of hydrogen-bond donors (Lipinski definition) is 2. The maximum Gasteiger partial charge on any atom is 0.410 e. The predicted molar refractivity (Wildman–Crippen MR) is 243 cm³/mol. The predicted octanol–water partition coefficient (Wildman–Crippen LogP) is 8.28. The molecule has 340 valence electrons. The molecule has 3 aromatic carbocycles. The smallest absolute Gasteiger partial charge is 0.410 e. The maximum absolute atomic E-state index is 14.6. The molecule has 7 rings (SSSR count). The summed E-state index contributed by atoms with van der Waals surface area (Å²) in [6.07, 6.45) is 9.33. The molecular weight excluding hydrogens is 799 g/mol. The van der Waals surface area contributed by atoms with Crippen molar-refractivity contribution in [2.75, 3.05) is 65.8 Å². The van der Waals surface area contributed by atoms with Gasteiger partial charge in [0.2, 0.25) is 5.79 Å². The third kappa shape index (κ3) is 11.7. The van der Waals surface area contributed by atoms with E-state index in [2.05, 4.69) is 23.6 Å². The fourth-order valence-corrected chi connectivity index (χ4v) is 9.73. The molecule has 63 heavy (non-hydrogen) atoms. The Bertz CT molecular complexity index is 1960. The monoisotopic (exact) mass is 865 g/mol. The van der Waals surface area contributed by atoms with Gasteiger partial charge in [-0.05, 0) is 78.8 Å². The number of allylic oxidation sites excluding steroid dienone is 1. The van der Waals surface area contributed by atoms with Gasteiger partial charge in [0.15, 0.2) is 0 Å². The number of rotatable bonds is 26. The number of carbonyl (C=O) groups excluding carboxylic acids is 1. The largest absolute Gasteiger partial charge is 0.492 e. The van der Waals surface area contributed by atoms with Crippen molar-refractivity contribution in [3.8, 4) is 11.5 Å². The lowest BCUT2D eigenvalue weighted by atomic mass is 9.55. The molecule has 0 aromatic heterocycles. The number of amides is 1. The molecule has 2 N–H and O–H groups in total. The van der Waals surface area contributed by atoms with Crippen LogP contribution in [0, 0.1) is 17.8 Å². The number of aliphatic hydroxyl groups is 2. The Morgan fingerprint density at radius 2 is 1.67 bits per heavy atom. The molecule has 1 saturated carbocycles. The number of hydrogen-bond acceptors (Lipinski definition) is 11. The van der Waals surface area contributed by atoms with Crippen LogP contribution in [0.4, 0.5) is 4.79 Å². The summed E-state index contributed by atoms with van der Waals surface area (Å²) in [6, 6.07) is 25.3. The van der Waals surface area contributed by atoms with Crippen LogP contribution in [0.5, 0.6) is 11.5 Å². The van der Waals surface area contributed by atoms with Crippen molar-refractivity contribution in [2.24, 2.45) is 22.9 Å². The second-order valence-corrected chi connectivity index (χ2v) is 17.1. The first-order valence-electron chi connectivity index (χ1n) is 23.1. The lowest BCUT2D eigenvalue weighted by Crippen LogP contribution is -2.70. The minimum atomic E-state index is -1.37. The zero-order valence-electron chi connectivity index (χ0n) is 37.0. The first-order valence-corrected chi connectivity index (χ1v) is 23.1. The number of oxime groups is 1. The molecule has 0 unspecified atom stereocenters. The van der Waals surface area contributed by atoms with Gasteiger partial charge in [0.25, 0.3) is 0 Å². The van der Waals surface area contributed by atoms with E-state index in [1.165, 1.54) is 0 Å². The average molecular weight is 866 g/mol. The first-order chi connectivity index (χ1) is 31.0. The third-order valence-corrected chi connectivity index (χ3v) is 12.7. The van der Waals surface area contributed by atoms with Gasteiger partial charge in [-0.15, -0.1) is 6.58 Å². The molecule has 3 aromatic rings. The summed E-state index contributed by atoms with van der Waals surface area (Å²) in [5, 5.41) is 24.9. The highest BCUT2D eigenvalue weighted by Gasteiger charge is 2.65. The van der Waals surface area contributed by atoms with Gasteiger partial charge in [0, 0.05) is 57.3 Å². The van der Waals surface area contributed by atoms with E-state index in [-0.39, 0.29) is 63.8 Å². The Labute approximate surface area is 373 Å². The fraction of sp³-hybridized carbons (Fsp3) is 0.529. The summed E-state index contributed by atoms with van der Waals surface area (Å²) in [4.78, 5) is 24.9. The standard InChI is InChI=1S/C51H67N3O9/c1-3-23-54(50(57)60-32-31-58-36-38-15-7-5-8-16-38)47-35-45(52-62-37-39-17-9-6-10-18-39)43-33-40(19-11-13-27-55)42(20-12-14-28-56)48-44-34-41(59-30-26-53-24-25-53)21-22-46(44)63-51(47,49(43)48)61-29-4-2/h4-10,15-18,21-22,33-34,40,42,47-49,55-56H,2-3,11-14,19-20,23-32,35-37H2,1H3/t40-,42+,47-,48+,49+,51+/m0/s1. The molecule has 2 aliphatic carbocycles. The summed E-state index contributed by atoms with van der Waals surface area (Å²) >= 11 is 0. The van der Waals surface area contributed by atoms with Crippen molar-refractivity contribution in [3.05, 3.63) is 120 Å². The Hall–Kier alpha value is -4.72. The van der Waals surface area contributed by atoms with E-state index in [1.807, 2.05) is 79.7 Å². The van der Waals surface area contributed by atoms with Crippen LogP contribution < -0.4 is 9.47 Å². The van der Waals surface area contributed by atoms with Crippen molar-refractivity contribution in [3.63, 3.8) is 0 Å². The van der Waals surface area contributed by atoms with E-state index >= 15 is 0 Å². The number of nitrogens with zero attached hydrogens (tertiary/aromatic N) is 3. The molecular formula is C51H67N3O9. The lowest BCUT2D eigenvalue weighted by molar-refractivity contribution is -0.255. The summed E-state index contributed by atoms with van der Waals surface area (Å²) < 4.78 is 32.8. The van der Waals surface area contributed by atoms with Crippen molar-refractivity contribution in [2.45, 2.75) is 89.3 Å². The van der Waals surface area contributed by atoms with Gasteiger partial charge in [-0.25, -0.2) is 4.79 Å². The normalized spacial score (nSPS) is 24.1. The van der Waals surface area contributed by atoms with E-state index in [9.17, 15) is 15.0 Å². The third-order valence-electron chi connectivity index (χ3n) is 12.7. The lowest BCUT2D eigenvalue weighted by Gasteiger charge is -2.59. The van der Waals surface area contributed by atoms with Gasteiger partial charge < -0.3 is 38.7 Å². The molecule has 2 fully saturated rings. The Kier molecular flexibility index (Phi) is 17.1. The topological polar surface area (TPSA) is 132 Å². The van der Waals surface area contributed by atoms with Crippen LogP contribution in [0.1, 0.15) is 80.9 Å². The van der Waals surface area contributed by atoms with Gasteiger partial charge in [-0.2, -0.15) is 0 Å². The van der Waals surface area contributed by atoms with Gasteiger partial charge in [0.05, 0.1) is 31.5 Å². The molecule has 2 heterocycles. The number of ether oxygens (including phenoxy) is 5. The number of fused-ring (bicyclic) bond motifs is 2. The second-order valence-electron chi connectivity index (χ2n) is 17.1. The van der Waals surface area contributed by atoms with Crippen LogP contribution in [-0.4, -0.2) is 109 Å². The highest BCUT2D eigenvalue weighted by Crippen LogP contribution is 2.62. The summed E-state index contributed by atoms with van der Waals surface area (Å²) in [7, 11) is 0. The summed E-state index contributed by atoms with van der Waals surface area (Å²) in [5.74, 6) is -0.272. The minimum absolute atomic E-state index is 0.0735. The minimum Gasteiger partial charge on any atom is -0.492 e. The van der Waals surface area contributed by atoms with Gasteiger partial charge >= 0.3 is 6.09 Å². The zero-order chi connectivity index (χ0) is 43.9. The molecule has 0 radical (unpaired) electrons. The van der Waals surface area contributed by atoms with Crippen LogP contribution in [0.25, 0.3) is 0 Å². The Morgan fingerprint density at radius 1 is 0.937 bits per heavy atom. The van der Waals surface area contributed by atoms with Crippen molar-refractivity contribution >= 4 is 11.8 Å². The van der Waals surface area contributed by atoms with Crippen LogP contribution in [-0.2, 0) is 32.3 Å². The molecule has 12 nitrogen and oxygen atoms in total. The van der Waals surface area contributed by atoms with E-state index in [4.69, 9.17) is 33.7 Å². The van der Waals surface area contributed by atoms with Crippen LogP contribution in [0.3, 0.4) is 0 Å². The highest BCUT2D eigenvalue weighted by molar-refractivity contribution is 6.03. The van der Waals surface area contributed by atoms with Crippen LogP contribution in [0.15, 0.2) is 108 Å². The Balaban J connectivity index is 1.31. The Morgan fingerprint density at radius 3 is 2.37 bits per heavy atom. The van der Waals surface area contributed by atoms with E-state index in [0.717, 1.165) is 79.0 Å². The summed E-state index contributed by atoms with van der Waals surface area (Å²) in [5.41, 5.74) is 4.79. The molecule has 12 heteroatoms. The van der Waals surface area contributed by atoms with E-state index < -0.39 is 23.8 Å². The number of aliphatic hydroxyl groups excluding tert-OH is 2. The van der Waals surface area contributed by atoms with Crippen molar-refractivity contribution < 1.29 is 43.5 Å². The van der Waals surface area contributed by atoms with E-state index in [0.29, 0.717) is 44.8 Å². The number of benzene rings is 3. The van der Waals surface area contributed by atoms with Crippen LogP contribution in [0.2, 0.25) is 0 Å². The second kappa shape index (κ2) is 23.3. The van der Waals surface area contributed by atoms with Crippen molar-refractivity contribution in [1.29, 1.82) is 0 Å². The number of carbonyl (C=O) groups is 1. The zero-order valence-corrected chi connectivity index (χ0v) is 37.0. The van der Waals surface area contributed by atoms with Gasteiger partial charge in [-0.3, -0.25) is 9.80 Å². The first kappa shape index (κ1) is 46.3. The molecule has 6 atom stereocenters. The average Bonchev–Trinajstić information content (AvgIpc) is 4.14. The SMILES string of the molecule is C=CCO[C@@]12Oc3ccc(OCCN4CC4)cc3[C@H]3[C@H](CCCCO)[C@@H](CCCCO)C=C(C(=NOCc4ccccc4)C[C@@H]1N(CCC)C(=O)OCCOCc1ccccc1)[C@H]32. The van der Waals surface area contributed by atoms with Gasteiger partial charge in [-0.1, -0.05) is 97.7 Å². The fourth-order valence-electron chi connectivity index (χ4n) is 9.73. The van der Waals surface area contributed by atoms with Crippen LogP contribution >= 0.6 is 0 Å².